The van der Waals surface area contributed by atoms with Gasteiger partial charge in [-0.3, -0.25) is 0 Å². The van der Waals surface area contributed by atoms with E-state index >= 15 is 0 Å². The summed E-state index contributed by atoms with van der Waals surface area (Å²) in [5, 5.41) is 8.39. The van der Waals surface area contributed by atoms with Crippen molar-refractivity contribution < 1.29 is 31.5 Å². The lowest BCUT2D eigenvalue weighted by Crippen LogP contribution is -2.38. The minimum atomic E-state index is -5.10. The minimum absolute atomic E-state index is 0.505. The van der Waals surface area contributed by atoms with Crippen molar-refractivity contribution in [3.63, 3.8) is 0 Å². The molecule has 1 unspecified atom stereocenters. The Kier molecular flexibility index (Phi) is 3.98. The molecule has 0 amide bonds. The van der Waals surface area contributed by atoms with Gasteiger partial charge in [0, 0.05) is 0 Å². The highest BCUT2D eigenvalue weighted by Gasteiger charge is 2.40. The first-order valence-electron chi connectivity index (χ1n) is 3.91. The van der Waals surface area contributed by atoms with E-state index in [1.54, 1.807) is 0 Å². The van der Waals surface area contributed by atoms with E-state index in [1.165, 1.54) is 0 Å². The van der Waals surface area contributed by atoms with Crippen LogP contribution in [0.3, 0.4) is 0 Å². The summed E-state index contributed by atoms with van der Waals surface area (Å²) in [5.41, 5.74) is 0. The number of alkyl halides is 3. The van der Waals surface area contributed by atoms with Crippen LogP contribution in [0.15, 0.2) is 23.6 Å². The van der Waals surface area contributed by atoms with Crippen molar-refractivity contribution in [1.29, 1.82) is 0 Å². The van der Waals surface area contributed by atoms with Gasteiger partial charge < -0.3 is 5.11 Å². The van der Waals surface area contributed by atoms with Crippen LogP contribution in [0.5, 0.6) is 0 Å². The Labute approximate surface area is 93.3 Å². The van der Waals surface area contributed by atoms with Crippen LogP contribution in [0.25, 0.3) is 0 Å². The molecule has 0 bridgehead atoms. The molecule has 2 N–H and O–H groups in total. The Morgan fingerprint density at radius 2 is 1.88 bits per heavy atom. The predicted molar refractivity (Wildman–Crippen MR) is 45.5 cm³/mol. The summed E-state index contributed by atoms with van der Waals surface area (Å²) in [6.45, 7) is 0. The Morgan fingerprint density at radius 1 is 1.35 bits per heavy atom. The molecule has 7 nitrogen and oxygen atoms in total. The van der Waals surface area contributed by atoms with Gasteiger partial charge >= 0.3 is 6.18 Å². The molecule has 1 heterocycles. The van der Waals surface area contributed by atoms with Gasteiger partial charge in [-0.1, -0.05) is 4.89 Å². The Bertz CT molecular complexity index is 463. The first-order valence-corrected chi connectivity index (χ1v) is 5.39. The van der Waals surface area contributed by atoms with E-state index in [9.17, 15) is 21.6 Å². The van der Waals surface area contributed by atoms with Crippen molar-refractivity contribution in [1.82, 2.24) is 14.9 Å². The van der Waals surface area contributed by atoms with Crippen molar-refractivity contribution >= 4 is 10.0 Å². The molecular weight excluding hydrogens is 267 g/mol. The van der Waals surface area contributed by atoms with Gasteiger partial charge in [-0.05, 0) is 0 Å². The number of nitrogens with zero attached hydrogens (tertiary/aromatic N) is 2. The highest BCUT2D eigenvalue weighted by molar-refractivity contribution is 7.89. The number of hydrogen-bond donors (Lipinski definition) is 2. The van der Waals surface area contributed by atoms with Crippen LogP contribution in [0.1, 0.15) is 0 Å². The third-order valence-electron chi connectivity index (χ3n) is 1.40. The number of sulfonamides is 1. The number of halogens is 3. The maximum atomic E-state index is 11.8. The fourth-order valence-corrected chi connectivity index (χ4v) is 1.36. The molecular formula is C6H6F3N3O4S. The fraction of sp³-hybridized carbons (Fsp3) is 0.333. The molecule has 1 aromatic rings. The first kappa shape index (κ1) is 13.8. The highest BCUT2D eigenvalue weighted by atomic mass is 32.2. The monoisotopic (exact) mass is 273 g/mol. The second-order valence-corrected chi connectivity index (χ2v) is 4.32. The van der Waals surface area contributed by atoms with Gasteiger partial charge in [-0.25, -0.2) is 23.2 Å². The molecule has 17 heavy (non-hydrogen) atoms. The summed E-state index contributed by atoms with van der Waals surface area (Å²) in [6.07, 6.45) is -5.64. The molecule has 0 aliphatic heterocycles. The maximum Gasteiger partial charge on any atom is 0.441 e. The van der Waals surface area contributed by atoms with Crippen molar-refractivity contribution in [3.05, 3.63) is 18.7 Å². The van der Waals surface area contributed by atoms with Crippen LogP contribution >= 0.6 is 0 Å². The zero-order chi connectivity index (χ0) is 13.1. The number of rotatable bonds is 4. The molecule has 96 valence electrons. The molecule has 0 aromatic carbocycles. The van der Waals surface area contributed by atoms with E-state index in [4.69, 9.17) is 5.11 Å². The van der Waals surface area contributed by atoms with Gasteiger partial charge in [0.2, 0.25) is 0 Å². The lowest BCUT2D eigenvalue weighted by atomic mass is 10.6. The number of aliphatic hydroxyl groups is 1. The first-order chi connectivity index (χ1) is 7.73. The van der Waals surface area contributed by atoms with Crippen LogP contribution in [0.4, 0.5) is 13.2 Å². The SMILES string of the molecule is O=S(=O)(NOC(O)C(F)(F)F)c1cncnc1. The molecule has 0 saturated heterocycles. The summed E-state index contributed by atoms with van der Waals surface area (Å²) >= 11 is 0. The molecule has 0 saturated carbocycles. The van der Waals surface area contributed by atoms with Crippen molar-refractivity contribution in [3.8, 4) is 0 Å². The lowest BCUT2D eigenvalue weighted by Gasteiger charge is -2.14. The second kappa shape index (κ2) is 4.91. The van der Waals surface area contributed by atoms with Crippen LogP contribution in [0.2, 0.25) is 0 Å². The summed E-state index contributed by atoms with van der Waals surface area (Å²) in [4.78, 5) is 10.9. The zero-order valence-corrected chi connectivity index (χ0v) is 8.73. The molecule has 1 aromatic heterocycles. The summed E-state index contributed by atoms with van der Waals surface area (Å²) in [6, 6.07) is 0. The number of nitrogens with one attached hydrogen (secondary N) is 1. The zero-order valence-electron chi connectivity index (χ0n) is 7.92. The predicted octanol–water partition coefficient (Wildman–Crippen LogP) is -0.433. The van der Waals surface area contributed by atoms with Crippen LogP contribution < -0.4 is 4.89 Å². The van der Waals surface area contributed by atoms with Gasteiger partial charge in [0.1, 0.15) is 11.2 Å². The summed E-state index contributed by atoms with van der Waals surface area (Å²) in [7, 11) is -4.37. The van der Waals surface area contributed by atoms with Crippen LogP contribution in [0, 0.1) is 0 Å². The standard InChI is InChI=1S/C6H6F3N3O4S/c7-6(8,9)5(13)16-12-17(14,15)4-1-10-3-11-2-4/h1-3,5,12-13H. The second-order valence-electron chi connectivity index (χ2n) is 2.67. The van der Waals surface area contributed by atoms with Crippen LogP contribution in [-0.2, 0) is 14.9 Å². The van der Waals surface area contributed by atoms with E-state index in [0.717, 1.165) is 23.6 Å². The van der Waals surface area contributed by atoms with E-state index in [-0.39, 0.29) is 0 Å². The van der Waals surface area contributed by atoms with Crippen LogP contribution in [-0.4, -0.2) is 36.0 Å². The van der Waals surface area contributed by atoms with E-state index < -0.39 is 27.4 Å². The topological polar surface area (TPSA) is 101 Å². The molecule has 11 heteroatoms. The average Bonchev–Trinajstić information content (AvgIpc) is 2.26. The summed E-state index contributed by atoms with van der Waals surface area (Å²) < 4.78 is 57.9. The smallest absolute Gasteiger partial charge is 0.360 e. The highest BCUT2D eigenvalue weighted by Crippen LogP contribution is 2.20. The molecule has 0 spiro atoms. The molecule has 1 atom stereocenters. The fourth-order valence-electron chi connectivity index (χ4n) is 0.648. The molecule has 0 aliphatic rings. The Balaban J connectivity index is 2.70. The van der Waals surface area contributed by atoms with E-state index in [1.807, 2.05) is 0 Å². The summed E-state index contributed by atoms with van der Waals surface area (Å²) in [5.74, 6) is 0. The maximum absolute atomic E-state index is 11.8. The van der Waals surface area contributed by atoms with E-state index in [2.05, 4.69) is 14.8 Å². The molecule has 0 fully saturated rings. The number of hydrogen-bond acceptors (Lipinski definition) is 6. The molecule has 1 rings (SSSR count). The van der Waals surface area contributed by atoms with Gasteiger partial charge in [0.15, 0.2) is 0 Å². The Hall–Kier alpha value is -1.30. The number of aliphatic hydroxyl groups excluding tert-OH is 1. The van der Waals surface area contributed by atoms with Crippen molar-refractivity contribution in [2.75, 3.05) is 0 Å². The quantitative estimate of drug-likeness (QED) is 0.570. The van der Waals surface area contributed by atoms with Gasteiger partial charge in [0.05, 0.1) is 12.4 Å². The van der Waals surface area contributed by atoms with Gasteiger partial charge in [0.25, 0.3) is 16.3 Å². The minimum Gasteiger partial charge on any atom is -0.360 e. The van der Waals surface area contributed by atoms with Crippen molar-refractivity contribution in [2.24, 2.45) is 0 Å². The van der Waals surface area contributed by atoms with Crippen molar-refractivity contribution in [2.45, 2.75) is 17.4 Å². The Morgan fingerprint density at radius 3 is 2.35 bits per heavy atom. The largest absolute Gasteiger partial charge is 0.441 e. The van der Waals surface area contributed by atoms with E-state index in [0.29, 0.717) is 0 Å². The lowest BCUT2D eigenvalue weighted by molar-refractivity contribution is -0.302. The normalized spacial score (nSPS) is 14.6. The molecule has 0 radical (unpaired) electrons. The average molecular weight is 273 g/mol. The van der Waals surface area contributed by atoms with Gasteiger partial charge in [-0.2, -0.15) is 13.2 Å². The molecule has 0 aliphatic carbocycles. The van der Waals surface area contributed by atoms with Gasteiger partial charge in [-0.15, -0.1) is 0 Å². The number of aromatic nitrogens is 2. The third kappa shape index (κ3) is 3.89. The third-order valence-corrected chi connectivity index (χ3v) is 2.54.